The first-order chi connectivity index (χ1) is 13.8. The molecule has 0 heterocycles. The van der Waals surface area contributed by atoms with Crippen LogP contribution in [0.3, 0.4) is 0 Å². The van der Waals surface area contributed by atoms with Crippen LogP contribution in [0.15, 0.2) is 0 Å². The summed E-state index contributed by atoms with van der Waals surface area (Å²) in [5.74, 6) is -0.538. The molecule has 0 aromatic rings. The Morgan fingerprint density at radius 2 is 1.62 bits per heavy atom. The van der Waals surface area contributed by atoms with Crippen molar-refractivity contribution >= 4 is 49.5 Å². The zero-order valence-electron chi connectivity index (χ0n) is 19.2. The molecule has 8 nitrogen and oxygen atoms in total. The number of hydrogen-bond acceptors (Lipinski definition) is 10. The second-order valence-electron chi connectivity index (χ2n) is 4.78. The lowest BCUT2D eigenvalue weighted by Crippen LogP contribution is -2.29. The summed E-state index contributed by atoms with van der Waals surface area (Å²) in [5.41, 5.74) is 2.50. The topological polar surface area (TPSA) is 95.1 Å². The van der Waals surface area contributed by atoms with Crippen LogP contribution in [0.5, 0.6) is 0 Å². The van der Waals surface area contributed by atoms with Gasteiger partial charge in [-0.25, -0.2) is 15.3 Å². The Labute approximate surface area is 176 Å². The van der Waals surface area contributed by atoms with Gasteiger partial charge in [-0.2, -0.15) is 37.6 Å². The average Bonchev–Trinajstić information content (AvgIpc) is 2.74. The lowest BCUT2D eigenvalue weighted by atomic mass is 10.3. The number of rotatable bonds is 13. The third kappa shape index (κ3) is 26.1. The Hall–Kier alpha value is -0.170. The predicted octanol–water partition coefficient (Wildman–Crippen LogP) is 1.32. The van der Waals surface area contributed by atoms with Crippen LogP contribution in [-0.2, 0) is 28.9 Å². The highest BCUT2D eigenvalue weighted by Crippen LogP contribution is 2.03. The fourth-order valence-corrected chi connectivity index (χ4v) is 1.45. The summed E-state index contributed by atoms with van der Waals surface area (Å²) in [4.78, 5) is 35.6. The fourth-order valence-electron chi connectivity index (χ4n) is 1.05. The highest BCUT2D eigenvalue weighted by atomic mass is 32.1. The number of carbonyl (C=O) groups is 2. The van der Waals surface area contributed by atoms with Crippen molar-refractivity contribution in [1.82, 2.24) is 10.8 Å². The zero-order chi connectivity index (χ0) is 23.1. The van der Waals surface area contributed by atoms with Gasteiger partial charge in [0.15, 0.2) is 0 Å². The van der Waals surface area contributed by atoms with Crippen LogP contribution < -0.4 is 10.8 Å². The molecule has 2 unspecified atom stereocenters. The third-order valence-electron chi connectivity index (χ3n) is 2.21. The van der Waals surface area contributed by atoms with Gasteiger partial charge in [0.25, 0.3) is 0 Å². The van der Waals surface area contributed by atoms with Gasteiger partial charge in [0, 0.05) is 14.1 Å². The lowest BCUT2D eigenvalue weighted by molar-refractivity contribution is -0.272. The van der Waals surface area contributed by atoms with Crippen LogP contribution in [0.25, 0.3) is 0 Å². The number of thiol groups is 3. The van der Waals surface area contributed by atoms with Gasteiger partial charge >= 0.3 is 5.97 Å². The minimum Gasteiger partial charge on any atom is -0.468 e. The molecule has 0 spiro atoms. The first kappa shape index (κ1) is 23.9. The van der Waals surface area contributed by atoms with Crippen LogP contribution in [-0.4, -0.2) is 72.5 Å². The predicted molar refractivity (Wildman–Crippen MR) is 113 cm³/mol. The molecule has 0 rings (SSSR count). The van der Waals surface area contributed by atoms with Gasteiger partial charge in [0.2, 0.25) is 5.91 Å². The Morgan fingerprint density at radius 3 is 2.00 bits per heavy atom. The molecule has 2 N–H and O–H groups in total. The quantitative estimate of drug-likeness (QED) is 0.0969. The molecule has 0 radical (unpaired) electrons. The van der Waals surface area contributed by atoms with Gasteiger partial charge in [0.1, 0.15) is 8.62 Å². The van der Waals surface area contributed by atoms with Crippen LogP contribution in [0.1, 0.15) is 26.7 Å². The number of esters is 1. The number of hydroxylamine groups is 1. The maximum atomic E-state index is 11.0. The highest BCUT2D eigenvalue weighted by Gasteiger charge is 2.13. The van der Waals surface area contributed by atoms with Gasteiger partial charge < -0.3 is 14.9 Å². The van der Waals surface area contributed by atoms with E-state index in [1.807, 2.05) is 13.8 Å². The number of nitrogens with one attached hydrogen (secondary N) is 2. The highest BCUT2D eigenvalue weighted by molar-refractivity contribution is 7.82. The number of methoxy groups -OCH3 is 1. The van der Waals surface area contributed by atoms with E-state index < -0.39 is 11.2 Å². The van der Waals surface area contributed by atoms with Crippen molar-refractivity contribution in [2.75, 3.05) is 41.5 Å². The van der Waals surface area contributed by atoms with Crippen molar-refractivity contribution in [3.63, 3.8) is 0 Å². The number of hydrogen-bond donors (Lipinski definition) is 5. The molecule has 0 aromatic heterocycles. The molecular formula is C15H34N2O6S3. The Kier molecular flexibility index (Phi) is 21.0. The zero-order valence-corrected chi connectivity index (χ0v) is 18.7. The second-order valence-corrected chi connectivity index (χ2v) is 6.86. The van der Waals surface area contributed by atoms with Crippen LogP contribution in [0, 0.1) is 0 Å². The molecule has 2 atom stereocenters. The molecule has 0 aliphatic heterocycles. The minimum absolute atomic E-state index is 0.130. The molecule has 0 aromatic carbocycles. The summed E-state index contributed by atoms with van der Waals surface area (Å²) in [7, 11) is 5.90. The maximum Gasteiger partial charge on any atom is 0.318 e. The molecular weight excluding hydrogens is 400 g/mol. The Morgan fingerprint density at radius 1 is 1.04 bits per heavy atom. The molecule has 11 heteroatoms. The molecule has 0 bridgehead atoms. The van der Waals surface area contributed by atoms with Gasteiger partial charge in [-0.05, 0) is 18.1 Å². The molecule has 0 saturated heterocycles. The van der Waals surface area contributed by atoms with E-state index in [-0.39, 0.29) is 17.8 Å². The van der Waals surface area contributed by atoms with E-state index in [4.69, 9.17) is 8.21 Å². The summed E-state index contributed by atoms with van der Waals surface area (Å²) in [6, 6.07) is 0. The summed E-state index contributed by atoms with van der Waals surface area (Å²) >= 11 is 2.61. The standard InChI is InChI=1S/C6H14N2O2S.C6H12O4S.C3H8S/c1-7-6(9)5(11)3-4-10-8-2;1-8-6(7)5(11)3-4-10-9-2;1-3(2)4/h5,8,11H,3-4H2,1-2H3,(H,7,9);5,11H,3-4H2,1-2H3;3-4H,1-2H3/i/hT3. The number of amides is 1. The van der Waals surface area contributed by atoms with E-state index in [1.54, 1.807) is 14.1 Å². The van der Waals surface area contributed by atoms with Crippen molar-refractivity contribution in [1.29, 1.82) is 3.37 Å². The number of ether oxygens (including phenoxy) is 1. The lowest BCUT2D eigenvalue weighted by Gasteiger charge is -2.07. The molecule has 1 amide bonds. The summed E-state index contributed by atoms with van der Waals surface area (Å²) in [6.07, 6.45) is 0.948. The number of carbonyl (C=O) groups excluding carboxylic acids is 2. The first-order valence-electron chi connectivity index (χ1n) is 9.11. The van der Waals surface area contributed by atoms with E-state index in [0.717, 1.165) is 25.1 Å². The first-order valence-corrected chi connectivity index (χ1v) is 9.30. The summed E-state index contributed by atoms with van der Waals surface area (Å²) < 4.78 is 25.0. The van der Waals surface area contributed by atoms with Gasteiger partial charge in [-0.3, -0.25) is 9.59 Å². The van der Waals surface area contributed by atoms with Gasteiger partial charge in [-0.1, -0.05) is 13.8 Å². The van der Waals surface area contributed by atoms with E-state index in [9.17, 15) is 9.59 Å². The van der Waals surface area contributed by atoms with E-state index in [2.05, 4.69) is 25.3 Å². The third-order valence-corrected chi connectivity index (χ3v) is 3.09. The summed E-state index contributed by atoms with van der Waals surface area (Å²) in [5, 5.41) is 2.12. The monoisotopic (exact) mass is 440 g/mol. The smallest absolute Gasteiger partial charge is 0.318 e. The SMILES string of the molecule is [3H]SC(C)C.[3H]SC(CCONC)C(=O)NC.[3H]SC(CCOOC)C(=O)OC. The largest absolute Gasteiger partial charge is 0.468 e. The Balaban J connectivity index is -0.000000380. The fraction of sp³-hybridized carbons (Fsp3) is 0.867. The van der Waals surface area contributed by atoms with Crippen molar-refractivity contribution in [3.8, 4) is 0 Å². The van der Waals surface area contributed by atoms with Crippen molar-refractivity contribution in [2.45, 2.75) is 42.4 Å². The second kappa shape index (κ2) is 22.9. The Bertz CT molecular complexity index is 361. The van der Waals surface area contributed by atoms with Gasteiger partial charge in [-0.15, -0.1) is 0 Å². The molecule has 158 valence electrons. The average molecular weight is 441 g/mol. The van der Waals surface area contributed by atoms with Crippen LogP contribution in [0.2, 0.25) is 0 Å². The van der Waals surface area contributed by atoms with Crippen molar-refractivity contribution < 1.29 is 28.9 Å². The normalized spacial score (nSPS) is 13.6. The van der Waals surface area contributed by atoms with Crippen LogP contribution in [0.4, 0.5) is 0 Å². The molecule has 0 saturated carbocycles. The maximum absolute atomic E-state index is 11.0. The van der Waals surface area contributed by atoms with E-state index in [0.29, 0.717) is 37.2 Å². The van der Waals surface area contributed by atoms with Crippen molar-refractivity contribution in [3.05, 3.63) is 0 Å². The van der Waals surface area contributed by atoms with Crippen molar-refractivity contribution in [2.24, 2.45) is 0 Å². The molecule has 0 fully saturated rings. The van der Waals surface area contributed by atoms with Crippen LogP contribution >= 0.6 is 37.6 Å². The minimum atomic E-state index is -0.495. The van der Waals surface area contributed by atoms with Gasteiger partial charge in [0.05, 0.1) is 32.7 Å². The summed E-state index contributed by atoms with van der Waals surface area (Å²) in [6.45, 7) is 4.71. The molecule has 26 heavy (non-hydrogen) atoms. The molecule has 0 aliphatic carbocycles. The molecule has 0 aliphatic rings. The van der Waals surface area contributed by atoms with E-state index in [1.165, 1.54) is 14.2 Å². The van der Waals surface area contributed by atoms with E-state index >= 15 is 0 Å².